The van der Waals surface area contributed by atoms with Crippen molar-refractivity contribution in [3.63, 3.8) is 0 Å². The highest BCUT2D eigenvalue weighted by atomic mass is 16.2. The summed E-state index contributed by atoms with van der Waals surface area (Å²) in [5, 5.41) is 0. The minimum atomic E-state index is 0.210. The van der Waals surface area contributed by atoms with Crippen LogP contribution >= 0.6 is 0 Å². The Morgan fingerprint density at radius 1 is 1.28 bits per heavy atom. The summed E-state index contributed by atoms with van der Waals surface area (Å²) in [5.41, 5.74) is 6.01. The molecular formula is C15H28N2O. The summed E-state index contributed by atoms with van der Waals surface area (Å²) >= 11 is 0. The average molecular weight is 252 g/mol. The van der Waals surface area contributed by atoms with E-state index in [1.807, 2.05) is 0 Å². The van der Waals surface area contributed by atoms with E-state index in [1.165, 1.54) is 12.8 Å². The fraction of sp³-hybridized carbons (Fsp3) is 0.933. The molecule has 3 nitrogen and oxygen atoms in total. The van der Waals surface area contributed by atoms with Crippen LogP contribution in [0, 0.1) is 11.8 Å². The standard InChI is InChI=1S/C15H28N2O/c1-11(2)8-9-17(14-6-7-14)15(18)12-4-3-5-13(16)10-12/h11-14H,3-10,16H2,1-2H3. The highest BCUT2D eigenvalue weighted by molar-refractivity contribution is 5.79. The second-order valence-corrected chi connectivity index (χ2v) is 6.57. The predicted molar refractivity (Wildman–Crippen MR) is 74.1 cm³/mol. The first-order valence-electron chi connectivity index (χ1n) is 7.64. The maximum Gasteiger partial charge on any atom is 0.225 e. The summed E-state index contributed by atoms with van der Waals surface area (Å²) in [4.78, 5) is 14.8. The van der Waals surface area contributed by atoms with Crippen molar-refractivity contribution in [3.8, 4) is 0 Å². The Hall–Kier alpha value is -0.570. The number of amides is 1. The number of nitrogens with zero attached hydrogens (tertiary/aromatic N) is 1. The third kappa shape index (κ3) is 3.71. The zero-order chi connectivity index (χ0) is 13.1. The molecule has 2 atom stereocenters. The van der Waals surface area contributed by atoms with Crippen LogP contribution in [0.15, 0.2) is 0 Å². The van der Waals surface area contributed by atoms with Gasteiger partial charge in [-0.15, -0.1) is 0 Å². The Morgan fingerprint density at radius 3 is 2.56 bits per heavy atom. The maximum absolute atomic E-state index is 12.6. The summed E-state index contributed by atoms with van der Waals surface area (Å²) in [6, 6.07) is 0.799. The summed E-state index contributed by atoms with van der Waals surface area (Å²) in [6.07, 6.45) is 7.73. The normalized spacial score (nSPS) is 28.4. The topological polar surface area (TPSA) is 46.3 Å². The zero-order valence-corrected chi connectivity index (χ0v) is 11.9. The molecule has 2 rings (SSSR count). The van der Waals surface area contributed by atoms with Gasteiger partial charge in [-0.25, -0.2) is 0 Å². The van der Waals surface area contributed by atoms with Crippen LogP contribution in [0.5, 0.6) is 0 Å². The van der Waals surface area contributed by atoms with Crippen molar-refractivity contribution in [2.75, 3.05) is 6.54 Å². The number of carbonyl (C=O) groups excluding carboxylic acids is 1. The Bertz CT molecular complexity index is 286. The number of nitrogens with two attached hydrogens (primary N) is 1. The Morgan fingerprint density at radius 2 is 2.00 bits per heavy atom. The molecule has 0 saturated heterocycles. The van der Waals surface area contributed by atoms with Gasteiger partial charge in [-0.2, -0.15) is 0 Å². The SMILES string of the molecule is CC(C)CCN(C(=O)C1CCCC(N)C1)C1CC1. The Kier molecular flexibility index (Phi) is 4.66. The molecule has 18 heavy (non-hydrogen) atoms. The van der Waals surface area contributed by atoms with Crippen molar-refractivity contribution in [3.05, 3.63) is 0 Å². The van der Waals surface area contributed by atoms with E-state index in [0.717, 1.165) is 38.6 Å². The van der Waals surface area contributed by atoms with Gasteiger partial charge in [-0.3, -0.25) is 4.79 Å². The molecule has 0 bridgehead atoms. The third-order valence-corrected chi connectivity index (χ3v) is 4.28. The molecule has 0 aromatic carbocycles. The first-order valence-corrected chi connectivity index (χ1v) is 7.64. The second kappa shape index (κ2) is 6.05. The lowest BCUT2D eigenvalue weighted by Gasteiger charge is -2.32. The molecule has 2 aliphatic rings. The van der Waals surface area contributed by atoms with Crippen molar-refractivity contribution in [1.82, 2.24) is 4.90 Å². The predicted octanol–water partition coefficient (Wildman–Crippen LogP) is 2.54. The summed E-state index contributed by atoms with van der Waals surface area (Å²) < 4.78 is 0. The van der Waals surface area contributed by atoms with Gasteiger partial charge in [0.2, 0.25) is 5.91 Å². The van der Waals surface area contributed by atoms with E-state index in [2.05, 4.69) is 18.7 Å². The quantitative estimate of drug-likeness (QED) is 0.817. The minimum Gasteiger partial charge on any atom is -0.339 e. The molecule has 0 aromatic rings. The van der Waals surface area contributed by atoms with Gasteiger partial charge < -0.3 is 10.6 Å². The van der Waals surface area contributed by atoms with Crippen molar-refractivity contribution in [1.29, 1.82) is 0 Å². The molecule has 104 valence electrons. The van der Waals surface area contributed by atoms with Gasteiger partial charge in [0, 0.05) is 24.5 Å². The van der Waals surface area contributed by atoms with Crippen molar-refractivity contribution in [2.45, 2.75) is 70.9 Å². The van der Waals surface area contributed by atoms with Crippen LogP contribution in [0.2, 0.25) is 0 Å². The van der Waals surface area contributed by atoms with Crippen LogP contribution < -0.4 is 5.73 Å². The van der Waals surface area contributed by atoms with Crippen LogP contribution in [0.25, 0.3) is 0 Å². The van der Waals surface area contributed by atoms with Crippen LogP contribution in [0.1, 0.15) is 58.8 Å². The minimum absolute atomic E-state index is 0.210. The molecule has 0 aliphatic heterocycles. The Labute approximate surface area is 111 Å². The molecule has 0 aromatic heterocycles. The summed E-state index contributed by atoms with van der Waals surface area (Å²) in [5.74, 6) is 1.28. The molecule has 2 unspecified atom stereocenters. The van der Waals surface area contributed by atoms with Crippen molar-refractivity contribution >= 4 is 5.91 Å². The average Bonchev–Trinajstić information content (AvgIpc) is 3.13. The van der Waals surface area contributed by atoms with Crippen LogP contribution in [-0.4, -0.2) is 29.4 Å². The maximum atomic E-state index is 12.6. The zero-order valence-electron chi connectivity index (χ0n) is 11.9. The first-order chi connectivity index (χ1) is 8.58. The van der Waals surface area contributed by atoms with E-state index >= 15 is 0 Å². The van der Waals surface area contributed by atoms with Crippen molar-refractivity contribution in [2.24, 2.45) is 17.6 Å². The van der Waals surface area contributed by atoms with E-state index in [4.69, 9.17) is 5.73 Å². The van der Waals surface area contributed by atoms with E-state index in [0.29, 0.717) is 17.9 Å². The molecule has 0 heterocycles. The number of carbonyl (C=O) groups is 1. The lowest BCUT2D eigenvalue weighted by atomic mass is 9.85. The van der Waals surface area contributed by atoms with E-state index in [1.54, 1.807) is 0 Å². The molecule has 2 N–H and O–H groups in total. The smallest absolute Gasteiger partial charge is 0.225 e. The number of rotatable bonds is 5. The highest BCUT2D eigenvalue weighted by Gasteiger charge is 2.36. The highest BCUT2D eigenvalue weighted by Crippen LogP contribution is 2.32. The van der Waals surface area contributed by atoms with Crippen LogP contribution in [0.3, 0.4) is 0 Å². The molecule has 2 fully saturated rings. The largest absolute Gasteiger partial charge is 0.339 e. The molecule has 2 aliphatic carbocycles. The summed E-state index contributed by atoms with van der Waals surface area (Å²) in [6.45, 7) is 5.41. The molecular weight excluding hydrogens is 224 g/mol. The van der Waals surface area contributed by atoms with E-state index < -0.39 is 0 Å². The monoisotopic (exact) mass is 252 g/mol. The van der Waals surface area contributed by atoms with Crippen LogP contribution in [0.4, 0.5) is 0 Å². The van der Waals surface area contributed by atoms with Gasteiger partial charge in [0.1, 0.15) is 0 Å². The Balaban J connectivity index is 1.90. The first kappa shape index (κ1) is 13.9. The van der Waals surface area contributed by atoms with Gasteiger partial charge >= 0.3 is 0 Å². The molecule has 0 spiro atoms. The summed E-state index contributed by atoms with van der Waals surface area (Å²) in [7, 11) is 0. The third-order valence-electron chi connectivity index (χ3n) is 4.28. The van der Waals surface area contributed by atoms with Gasteiger partial charge in [-0.05, 0) is 44.4 Å². The van der Waals surface area contributed by atoms with E-state index in [-0.39, 0.29) is 12.0 Å². The van der Waals surface area contributed by atoms with Gasteiger partial charge in [0.15, 0.2) is 0 Å². The van der Waals surface area contributed by atoms with Gasteiger partial charge in [-0.1, -0.05) is 20.3 Å². The molecule has 1 amide bonds. The molecule has 0 radical (unpaired) electrons. The fourth-order valence-electron chi connectivity index (χ4n) is 2.94. The van der Waals surface area contributed by atoms with Gasteiger partial charge in [0.05, 0.1) is 0 Å². The van der Waals surface area contributed by atoms with Crippen molar-refractivity contribution < 1.29 is 4.79 Å². The molecule has 2 saturated carbocycles. The second-order valence-electron chi connectivity index (χ2n) is 6.57. The fourth-order valence-corrected chi connectivity index (χ4v) is 2.94. The number of hydrogen-bond donors (Lipinski definition) is 1. The van der Waals surface area contributed by atoms with Gasteiger partial charge in [0.25, 0.3) is 0 Å². The lowest BCUT2D eigenvalue weighted by molar-refractivity contribution is -0.137. The van der Waals surface area contributed by atoms with Crippen LogP contribution in [-0.2, 0) is 4.79 Å². The lowest BCUT2D eigenvalue weighted by Crippen LogP contribution is -2.42. The number of hydrogen-bond acceptors (Lipinski definition) is 2. The molecule has 3 heteroatoms. The van der Waals surface area contributed by atoms with E-state index in [9.17, 15) is 4.79 Å².